The molecule has 1 aliphatic heterocycles. The van der Waals surface area contributed by atoms with Crippen LogP contribution in [0, 0.1) is 0 Å². The number of nitrogens with zero attached hydrogens (tertiary/aromatic N) is 1. The Balaban J connectivity index is 1.65. The van der Waals surface area contributed by atoms with Crippen LogP contribution in [0.3, 0.4) is 0 Å². The predicted molar refractivity (Wildman–Crippen MR) is 94.7 cm³/mol. The molecule has 0 radical (unpaired) electrons. The van der Waals surface area contributed by atoms with Crippen molar-refractivity contribution in [2.45, 2.75) is 32.0 Å². The van der Waals surface area contributed by atoms with Crippen molar-refractivity contribution >= 4 is 11.8 Å². The molecule has 1 saturated heterocycles. The number of piperidine rings is 1. The number of hydrogen-bond acceptors (Lipinski definition) is 3. The zero-order chi connectivity index (χ0) is 17.6. The lowest BCUT2D eigenvalue weighted by Crippen LogP contribution is -2.51. The summed E-state index contributed by atoms with van der Waals surface area (Å²) in [7, 11) is 0. The van der Waals surface area contributed by atoms with Crippen LogP contribution in [0.4, 0.5) is 0 Å². The number of aliphatic hydroxyl groups is 1. The third kappa shape index (κ3) is 4.25. The second-order valence-corrected chi connectivity index (χ2v) is 6.27. The van der Waals surface area contributed by atoms with Gasteiger partial charge in [-0.2, -0.15) is 0 Å². The topological polar surface area (TPSA) is 69.6 Å². The van der Waals surface area contributed by atoms with Gasteiger partial charge in [0.1, 0.15) is 6.04 Å². The largest absolute Gasteiger partial charge is 0.392 e. The molecular weight excluding hydrogens is 316 g/mol. The monoisotopic (exact) mass is 338 g/mol. The van der Waals surface area contributed by atoms with Gasteiger partial charge in [0.15, 0.2) is 0 Å². The molecule has 0 spiro atoms. The summed E-state index contributed by atoms with van der Waals surface area (Å²) < 4.78 is 0. The molecule has 3 rings (SSSR count). The van der Waals surface area contributed by atoms with E-state index in [0.717, 1.165) is 12.0 Å². The summed E-state index contributed by atoms with van der Waals surface area (Å²) >= 11 is 0. The second kappa shape index (κ2) is 7.94. The van der Waals surface area contributed by atoms with Crippen molar-refractivity contribution in [1.82, 2.24) is 10.2 Å². The van der Waals surface area contributed by atoms with Crippen LogP contribution in [0.1, 0.15) is 34.3 Å². The van der Waals surface area contributed by atoms with Crippen molar-refractivity contribution in [2.24, 2.45) is 0 Å². The molecule has 1 unspecified atom stereocenters. The summed E-state index contributed by atoms with van der Waals surface area (Å²) in [6.45, 7) is 1.15. The van der Waals surface area contributed by atoms with E-state index in [1.807, 2.05) is 30.3 Å². The van der Waals surface area contributed by atoms with Crippen LogP contribution in [0.5, 0.6) is 0 Å². The van der Waals surface area contributed by atoms with Gasteiger partial charge in [-0.05, 0) is 36.1 Å². The van der Waals surface area contributed by atoms with Crippen LogP contribution in [0.25, 0.3) is 0 Å². The maximum Gasteiger partial charge on any atom is 0.251 e. The third-order valence-electron chi connectivity index (χ3n) is 4.42. The van der Waals surface area contributed by atoms with E-state index in [4.69, 9.17) is 0 Å². The van der Waals surface area contributed by atoms with Crippen LogP contribution in [0.15, 0.2) is 54.6 Å². The van der Waals surface area contributed by atoms with Gasteiger partial charge in [0.2, 0.25) is 5.91 Å². The van der Waals surface area contributed by atoms with Gasteiger partial charge in [0, 0.05) is 18.7 Å². The normalized spacial score (nSPS) is 17.4. The van der Waals surface area contributed by atoms with Gasteiger partial charge in [-0.1, -0.05) is 42.5 Å². The zero-order valence-corrected chi connectivity index (χ0v) is 14.0. The van der Waals surface area contributed by atoms with Gasteiger partial charge in [0.05, 0.1) is 6.61 Å². The number of aliphatic hydroxyl groups excluding tert-OH is 1. The fourth-order valence-electron chi connectivity index (χ4n) is 3.09. The Morgan fingerprint density at radius 1 is 1.12 bits per heavy atom. The minimum absolute atomic E-state index is 0.0400. The molecule has 0 aliphatic carbocycles. The molecule has 2 amide bonds. The first kappa shape index (κ1) is 17.2. The van der Waals surface area contributed by atoms with Crippen molar-refractivity contribution in [1.29, 1.82) is 0 Å². The quantitative estimate of drug-likeness (QED) is 0.877. The molecule has 2 aromatic rings. The molecule has 5 nitrogen and oxygen atoms in total. The highest BCUT2D eigenvalue weighted by Gasteiger charge is 2.30. The van der Waals surface area contributed by atoms with E-state index in [0.29, 0.717) is 30.6 Å². The van der Waals surface area contributed by atoms with Gasteiger partial charge < -0.3 is 15.3 Å². The molecule has 0 saturated carbocycles. The lowest BCUT2D eigenvalue weighted by molar-refractivity contribution is -0.136. The molecule has 25 heavy (non-hydrogen) atoms. The Morgan fingerprint density at radius 2 is 1.88 bits per heavy atom. The lowest BCUT2D eigenvalue weighted by Gasteiger charge is -2.32. The first-order valence-electron chi connectivity index (χ1n) is 8.51. The van der Waals surface area contributed by atoms with Crippen molar-refractivity contribution < 1.29 is 14.7 Å². The summed E-state index contributed by atoms with van der Waals surface area (Å²) in [5.41, 5.74) is 2.21. The number of carbonyl (C=O) groups excluding carboxylic acids is 2. The Labute approximate surface area is 147 Å². The molecule has 1 heterocycles. The first-order chi connectivity index (χ1) is 12.2. The average Bonchev–Trinajstić information content (AvgIpc) is 2.66. The third-order valence-corrected chi connectivity index (χ3v) is 4.42. The summed E-state index contributed by atoms with van der Waals surface area (Å²) in [5, 5.41) is 12.0. The molecule has 130 valence electrons. The standard InChI is InChI=1S/C20H22N2O3/c23-14-16-8-4-9-17(12-16)19(24)21-18-10-5-11-22(20(18)25)13-15-6-2-1-3-7-15/h1-4,6-9,12,18,23H,5,10-11,13-14H2,(H,21,24). The van der Waals surface area contributed by atoms with Gasteiger partial charge in [0.25, 0.3) is 5.91 Å². The maximum atomic E-state index is 12.7. The summed E-state index contributed by atoms with van der Waals surface area (Å²) in [6.07, 6.45) is 1.51. The highest BCUT2D eigenvalue weighted by atomic mass is 16.3. The minimum atomic E-state index is -0.497. The first-order valence-corrected chi connectivity index (χ1v) is 8.51. The average molecular weight is 338 g/mol. The van der Waals surface area contributed by atoms with Gasteiger partial charge in [-0.25, -0.2) is 0 Å². The maximum absolute atomic E-state index is 12.7. The Bertz CT molecular complexity index is 746. The number of benzene rings is 2. The minimum Gasteiger partial charge on any atom is -0.392 e. The molecule has 2 aromatic carbocycles. The van der Waals surface area contributed by atoms with Gasteiger partial charge in [-0.3, -0.25) is 9.59 Å². The van der Waals surface area contributed by atoms with E-state index in [1.165, 1.54) is 0 Å². The van der Waals surface area contributed by atoms with E-state index in [-0.39, 0.29) is 18.4 Å². The van der Waals surface area contributed by atoms with Crippen LogP contribution < -0.4 is 5.32 Å². The smallest absolute Gasteiger partial charge is 0.251 e. The van der Waals surface area contributed by atoms with Crippen molar-refractivity contribution in [3.8, 4) is 0 Å². The number of likely N-dealkylation sites (tertiary alicyclic amines) is 1. The Kier molecular flexibility index (Phi) is 5.46. The number of rotatable bonds is 5. The van der Waals surface area contributed by atoms with E-state index in [1.54, 1.807) is 29.2 Å². The summed E-state index contributed by atoms with van der Waals surface area (Å²) in [5.74, 6) is -0.322. The van der Waals surface area contributed by atoms with Crippen LogP contribution in [-0.2, 0) is 17.9 Å². The molecule has 2 N–H and O–H groups in total. The SMILES string of the molecule is O=C(NC1CCCN(Cc2ccccc2)C1=O)c1cccc(CO)c1. The Morgan fingerprint density at radius 3 is 2.64 bits per heavy atom. The Hall–Kier alpha value is -2.66. The molecule has 1 atom stereocenters. The molecule has 0 bridgehead atoms. The number of nitrogens with one attached hydrogen (secondary N) is 1. The van der Waals surface area contributed by atoms with Crippen LogP contribution in [-0.4, -0.2) is 34.4 Å². The van der Waals surface area contributed by atoms with E-state index >= 15 is 0 Å². The number of hydrogen-bond donors (Lipinski definition) is 2. The molecule has 5 heteroatoms. The van der Waals surface area contributed by atoms with Gasteiger partial charge >= 0.3 is 0 Å². The summed E-state index contributed by atoms with van der Waals surface area (Å²) in [6, 6.07) is 16.2. The molecule has 1 fully saturated rings. The van der Waals surface area contributed by atoms with Crippen LogP contribution >= 0.6 is 0 Å². The zero-order valence-electron chi connectivity index (χ0n) is 14.0. The highest BCUT2D eigenvalue weighted by Crippen LogP contribution is 2.16. The van der Waals surface area contributed by atoms with E-state index in [2.05, 4.69) is 5.32 Å². The van der Waals surface area contributed by atoms with Crippen molar-refractivity contribution in [3.63, 3.8) is 0 Å². The summed E-state index contributed by atoms with van der Waals surface area (Å²) in [4.78, 5) is 26.9. The number of carbonyl (C=O) groups is 2. The van der Waals surface area contributed by atoms with Crippen LogP contribution in [0.2, 0.25) is 0 Å². The lowest BCUT2D eigenvalue weighted by atomic mass is 10.0. The molecular formula is C20H22N2O3. The van der Waals surface area contributed by atoms with Crippen molar-refractivity contribution in [3.05, 3.63) is 71.3 Å². The predicted octanol–water partition coefficient (Wildman–Crippen LogP) is 2.10. The highest BCUT2D eigenvalue weighted by molar-refractivity contribution is 5.97. The second-order valence-electron chi connectivity index (χ2n) is 6.27. The van der Waals surface area contributed by atoms with E-state index < -0.39 is 6.04 Å². The molecule has 0 aromatic heterocycles. The van der Waals surface area contributed by atoms with Gasteiger partial charge in [-0.15, -0.1) is 0 Å². The fourth-order valence-corrected chi connectivity index (χ4v) is 3.09. The fraction of sp³-hybridized carbons (Fsp3) is 0.300. The van der Waals surface area contributed by atoms with E-state index in [9.17, 15) is 14.7 Å². The molecule has 1 aliphatic rings. The number of amides is 2. The van der Waals surface area contributed by atoms with Crippen molar-refractivity contribution in [2.75, 3.05) is 6.54 Å².